The molecule has 0 bridgehead atoms. The first-order valence-corrected chi connectivity index (χ1v) is 6.60. The van der Waals surface area contributed by atoms with E-state index in [1.807, 2.05) is 24.3 Å². The van der Waals surface area contributed by atoms with Crippen LogP contribution in [-0.2, 0) is 0 Å². The highest BCUT2D eigenvalue weighted by Gasteiger charge is 2.09. The Morgan fingerprint density at radius 2 is 2.18 bits per heavy atom. The quantitative estimate of drug-likeness (QED) is 0.513. The van der Waals surface area contributed by atoms with Crippen LogP contribution >= 0.6 is 39.3 Å². The summed E-state index contributed by atoms with van der Waals surface area (Å²) in [6, 6.07) is 7.55. The average Bonchev–Trinajstić information content (AvgIpc) is 2.32. The number of hydrogen-bond acceptors (Lipinski definition) is 5. The Hall–Kier alpha value is -0.820. The van der Waals surface area contributed by atoms with Gasteiger partial charge < -0.3 is 5.43 Å². The largest absolute Gasteiger partial charge is 0.307 e. The Bertz CT molecular complexity index is 537. The van der Waals surface area contributed by atoms with E-state index in [0.717, 1.165) is 14.4 Å². The van der Waals surface area contributed by atoms with E-state index < -0.39 is 0 Å². The first kappa shape index (κ1) is 12.6. The molecule has 0 saturated heterocycles. The molecule has 0 aliphatic heterocycles. The maximum atomic E-state index is 5.92. The van der Waals surface area contributed by atoms with Gasteiger partial charge in [-0.15, -0.1) is 0 Å². The van der Waals surface area contributed by atoms with E-state index in [9.17, 15) is 0 Å². The van der Waals surface area contributed by atoms with Crippen LogP contribution in [0.2, 0.25) is 5.02 Å². The molecular weight excluding hydrogens is 324 g/mol. The van der Waals surface area contributed by atoms with Crippen molar-refractivity contribution < 1.29 is 0 Å². The first-order valence-electron chi connectivity index (χ1n) is 4.61. The third-order valence-corrected chi connectivity index (χ3v) is 4.15. The number of hydrazine groups is 1. The Morgan fingerprint density at radius 1 is 1.35 bits per heavy atom. The number of nitrogens with one attached hydrogen (secondary N) is 1. The lowest BCUT2D eigenvalue weighted by Gasteiger charge is -2.06. The fourth-order valence-corrected chi connectivity index (χ4v) is 2.83. The monoisotopic (exact) mass is 330 g/mol. The third-order valence-electron chi connectivity index (χ3n) is 1.90. The Kier molecular flexibility index (Phi) is 4.22. The molecule has 0 spiro atoms. The van der Waals surface area contributed by atoms with Gasteiger partial charge in [-0.05, 0) is 34.1 Å². The summed E-state index contributed by atoms with van der Waals surface area (Å²) < 4.78 is 0.729. The molecule has 88 valence electrons. The lowest BCUT2D eigenvalue weighted by molar-refractivity contribution is 1.02. The highest BCUT2D eigenvalue weighted by molar-refractivity contribution is 9.10. The zero-order valence-corrected chi connectivity index (χ0v) is 11.7. The maximum Gasteiger partial charge on any atom is 0.158 e. The van der Waals surface area contributed by atoms with E-state index in [2.05, 4.69) is 31.3 Å². The van der Waals surface area contributed by atoms with Crippen molar-refractivity contribution in [2.45, 2.75) is 9.92 Å². The van der Waals surface area contributed by atoms with Crippen molar-refractivity contribution in [2.75, 3.05) is 5.43 Å². The fraction of sp³-hybridized carbons (Fsp3) is 0. The molecule has 3 N–H and O–H groups in total. The molecule has 1 heterocycles. The van der Waals surface area contributed by atoms with E-state index in [1.54, 1.807) is 0 Å². The van der Waals surface area contributed by atoms with Crippen molar-refractivity contribution in [1.82, 2.24) is 9.97 Å². The van der Waals surface area contributed by atoms with E-state index in [0.29, 0.717) is 10.8 Å². The lowest BCUT2D eigenvalue weighted by Crippen LogP contribution is -2.09. The summed E-state index contributed by atoms with van der Waals surface area (Å²) in [6.45, 7) is 0. The van der Waals surface area contributed by atoms with Crippen molar-refractivity contribution in [1.29, 1.82) is 0 Å². The van der Waals surface area contributed by atoms with Crippen molar-refractivity contribution in [3.05, 3.63) is 40.1 Å². The smallest absolute Gasteiger partial charge is 0.158 e. The van der Waals surface area contributed by atoms with Crippen LogP contribution in [0.4, 0.5) is 5.82 Å². The molecule has 7 heteroatoms. The van der Waals surface area contributed by atoms with E-state index in [-0.39, 0.29) is 0 Å². The van der Waals surface area contributed by atoms with Crippen molar-refractivity contribution in [3.63, 3.8) is 0 Å². The van der Waals surface area contributed by atoms with Gasteiger partial charge >= 0.3 is 0 Å². The Labute approximate surface area is 116 Å². The molecule has 0 radical (unpaired) electrons. The molecule has 0 aliphatic rings. The third kappa shape index (κ3) is 3.10. The summed E-state index contributed by atoms with van der Waals surface area (Å²) in [5.74, 6) is 5.88. The van der Waals surface area contributed by atoms with Crippen LogP contribution in [0.1, 0.15) is 0 Å². The fourth-order valence-electron chi connectivity index (χ4n) is 1.17. The number of hydrogen-bond donors (Lipinski definition) is 2. The lowest BCUT2D eigenvalue weighted by atomic mass is 10.4. The van der Waals surface area contributed by atoms with Gasteiger partial charge in [0.1, 0.15) is 11.4 Å². The molecular formula is C10H8BrClN4S. The number of nitrogen functional groups attached to an aromatic ring is 1. The number of anilines is 1. The number of benzene rings is 1. The van der Waals surface area contributed by atoms with Crippen molar-refractivity contribution in [3.8, 4) is 0 Å². The van der Waals surface area contributed by atoms with Crippen LogP contribution in [0.25, 0.3) is 0 Å². The second-order valence-electron chi connectivity index (χ2n) is 3.05. The second-order valence-corrected chi connectivity index (χ2v) is 5.34. The number of aromatic nitrogens is 2. The van der Waals surface area contributed by atoms with Crippen molar-refractivity contribution in [2.24, 2.45) is 5.84 Å². The minimum Gasteiger partial charge on any atom is -0.307 e. The second kappa shape index (κ2) is 5.68. The summed E-state index contributed by atoms with van der Waals surface area (Å²) >= 11 is 10.8. The summed E-state index contributed by atoms with van der Waals surface area (Å²) in [4.78, 5) is 9.16. The predicted octanol–water partition coefficient (Wildman–Crippen LogP) is 3.33. The molecule has 1 aromatic heterocycles. The van der Waals surface area contributed by atoms with Crippen molar-refractivity contribution >= 4 is 45.1 Å². The van der Waals surface area contributed by atoms with Gasteiger partial charge in [-0.3, -0.25) is 0 Å². The SMILES string of the molecule is NNc1ncnc(Sc2cccc(Cl)c2)c1Br. The zero-order chi connectivity index (χ0) is 12.3. The van der Waals surface area contributed by atoms with Crippen LogP contribution in [0.3, 0.4) is 0 Å². The van der Waals surface area contributed by atoms with Gasteiger partial charge in [-0.1, -0.05) is 29.4 Å². The van der Waals surface area contributed by atoms with Gasteiger partial charge in [0.2, 0.25) is 0 Å². The van der Waals surface area contributed by atoms with Gasteiger partial charge in [0.05, 0.1) is 4.47 Å². The molecule has 0 saturated carbocycles. The standard InChI is InChI=1S/C10H8BrClN4S/c11-8-9(16-13)14-5-15-10(8)17-7-3-1-2-6(12)4-7/h1-5H,13H2,(H,14,15,16). The minimum absolute atomic E-state index is 0.546. The van der Waals surface area contributed by atoms with Gasteiger partial charge in [0, 0.05) is 9.92 Å². The van der Waals surface area contributed by atoms with Gasteiger partial charge in [-0.25, -0.2) is 15.8 Å². The van der Waals surface area contributed by atoms with Crippen LogP contribution in [0.5, 0.6) is 0 Å². The van der Waals surface area contributed by atoms with E-state index >= 15 is 0 Å². The highest BCUT2D eigenvalue weighted by atomic mass is 79.9. The molecule has 0 aliphatic carbocycles. The summed E-state index contributed by atoms with van der Waals surface area (Å²) in [5, 5.41) is 1.47. The van der Waals surface area contributed by atoms with Gasteiger partial charge in [-0.2, -0.15) is 0 Å². The maximum absolute atomic E-state index is 5.92. The molecule has 0 atom stereocenters. The highest BCUT2D eigenvalue weighted by Crippen LogP contribution is 2.35. The molecule has 1 aromatic carbocycles. The molecule has 0 amide bonds. The van der Waals surface area contributed by atoms with Gasteiger partial charge in [0.25, 0.3) is 0 Å². The molecule has 2 rings (SSSR count). The van der Waals surface area contributed by atoms with E-state index in [4.69, 9.17) is 17.4 Å². The molecule has 0 unspecified atom stereocenters. The summed E-state index contributed by atoms with van der Waals surface area (Å²) in [6.07, 6.45) is 1.45. The van der Waals surface area contributed by atoms with Gasteiger partial charge in [0.15, 0.2) is 5.82 Å². The van der Waals surface area contributed by atoms with Crippen LogP contribution in [0, 0.1) is 0 Å². The molecule has 2 aromatic rings. The van der Waals surface area contributed by atoms with Crippen LogP contribution in [0.15, 0.2) is 45.0 Å². The minimum atomic E-state index is 0.546. The average molecular weight is 332 g/mol. The number of nitrogens with two attached hydrogens (primary N) is 1. The number of nitrogens with zero attached hydrogens (tertiary/aromatic N) is 2. The Morgan fingerprint density at radius 3 is 2.88 bits per heavy atom. The summed E-state index contributed by atoms with van der Waals surface area (Å²) in [7, 11) is 0. The summed E-state index contributed by atoms with van der Waals surface area (Å²) in [5.41, 5.74) is 2.50. The van der Waals surface area contributed by atoms with E-state index in [1.165, 1.54) is 18.1 Å². The number of halogens is 2. The Balaban J connectivity index is 2.30. The first-order chi connectivity index (χ1) is 8.20. The predicted molar refractivity (Wildman–Crippen MR) is 73.1 cm³/mol. The zero-order valence-electron chi connectivity index (χ0n) is 8.52. The normalized spacial score (nSPS) is 10.3. The molecule has 17 heavy (non-hydrogen) atoms. The van der Waals surface area contributed by atoms with Crippen LogP contribution in [-0.4, -0.2) is 9.97 Å². The topological polar surface area (TPSA) is 63.8 Å². The molecule has 0 fully saturated rings. The number of rotatable bonds is 3. The molecule has 4 nitrogen and oxygen atoms in total. The van der Waals surface area contributed by atoms with Crippen LogP contribution < -0.4 is 11.3 Å².